The van der Waals surface area contributed by atoms with Crippen LogP contribution in [0.5, 0.6) is 5.75 Å². The van der Waals surface area contributed by atoms with Crippen molar-refractivity contribution in [2.45, 2.75) is 102 Å². The second-order valence-corrected chi connectivity index (χ2v) is 19.7. The maximum Gasteiger partial charge on any atom is 0.251 e. The molecule has 2 spiro atoms. The minimum atomic E-state index is -1.19. The van der Waals surface area contributed by atoms with Gasteiger partial charge in [-0.2, -0.15) is 5.06 Å². The highest BCUT2D eigenvalue weighted by Crippen LogP contribution is 2.77. The molecule has 2 amide bonds. The van der Waals surface area contributed by atoms with Crippen LogP contribution in [-0.4, -0.2) is 120 Å². The average Bonchev–Trinajstić information content (AvgIpc) is 4.00. The fourth-order valence-electron chi connectivity index (χ4n) is 11.7. The Morgan fingerprint density at radius 1 is 1.03 bits per heavy atom. The van der Waals surface area contributed by atoms with E-state index in [4.69, 9.17) is 9.57 Å². The van der Waals surface area contributed by atoms with Gasteiger partial charge >= 0.3 is 0 Å². The summed E-state index contributed by atoms with van der Waals surface area (Å²) in [5.41, 5.74) is 1.65. The highest BCUT2D eigenvalue weighted by molar-refractivity contribution is 5.97. The van der Waals surface area contributed by atoms with E-state index >= 15 is 0 Å². The summed E-state index contributed by atoms with van der Waals surface area (Å²) in [7, 11) is 7.48. The second kappa shape index (κ2) is 15.7. The zero-order valence-electron chi connectivity index (χ0n) is 36.6. The molecule has 12 heteroatoms. The Bertz CT molecular complexity index is 2090. The third-order valence-corrected chi connectivity index (χ3v) is 15.3. The number of carbonyl (C=O) groups excluding carboxylic acids is 2. The number of nitrogens with one attached hydrogen (secondary N) is 2. The van der Waals surface area contributed by atoms with Gasteiger partial charge in [0.1, 0.15) is 17.4 Å². The average molecular weight is 824 g/mol. The summed E-state index contributed by atoms with van der Waals surface area (Å²) in [6, 6.07) is 20.7. The number of aliphatic hydroxyl groups is 3. The zero-order chi connectivity index (χ0) is 42.9. The summed E-state index contributed by atoms with van der Waals surface area (Å²) in [6.45, 7) is 9.81. The van der Waals surface area contributed by atoms with Crippen LogP contribution in [0.2, 0.25) is 0 Å². The van der Waals surface area contributed by atoms with E-state index in [9.17, 15) is 24.9 Å². The van der Waals surface area contributed by atoms with Crippen LogP contribution < -0.4 is 20.3 Å². The van der Waals surface area contributed by atoms with Crippen molar-refractivity contribution in [3.8, 4) is 16.9 Å². The maximum absolute atomic E-state index is 14.7. The Hall–Kier alpha value is -4.04. The Kier molecular flexibility index (Phi) is 11.2. The molecule has 1 aliphatic heterocycles. The second-order valence-electron chi connectivity index (χ2n) is 19.7. The normalized spacial score (nSPS) is 32.7. The zero-order valence-corrected chi connectivity index (χ0v) is 36.6. The lowest BCUT2D eigenvalue weighted by Gasteiger charge is -2.62. The van der Waals surface area contributed by atoms with E-state index in [1.54, 1.807) is 19.1 Å². The van der Waals surface area contributed by atoms with Gasteiger partial charge in [0.05, 0.1) is 37.4 Å². The lowest BCUT2D eigenvalue weighted by Crippen LogP contribution is -2.62. The molecule has 12 nitrogen and oxygen atoms in total. The van der Waals surface area contributed by atoms with Gasteiger partial charge in [0.2, 0.25) is 5.91 Å². The summed E-state index contributed by atoms with van der Waals surface area (Å²) in [5.74, 6) is 1.59. The van der Waals surface area contributed by atoms with Gasteiger partial charge in [0.25, 0.3) is 5.91 Å². The fraction of sp³-hybridized carbons (Fsp3) is 0.583. The lowest BCUT2D eigenvalue weighted by atomic mass is 9.45. The summed E-state index contributed by atoms with van der Waals surface area (Å²) in [5, 5.41) is 41.1. The third-order valence-electron chi connectivity index (χ3n) is 15.3. The van der Waals surface area contributed by atoms with E-state index in [0.29, 0.717) is 61.4 Å². The monoisotopic (exact) mass is 823 g/mol. The molecule has 0 aromatic heterocycles. The third kappa shape index (κ3) is 7.20. The van der Waals surface area contributed by atoms with E-state index < -0.39 is 28.8 Å². The summed E-state index contributed by atoms with van der Waals surface area (Å²) in [6.07, 6.45) is 2.69. The van der Waals surface area contributed by atoms with E-state index in [1.807, 2.05) is 80.6 Å². The minimum absolute atomic E-state index is 0.0227. The van der Waals surface area contributed by atoms with Crippen LogP contribution in [0.3, 0.4) is 0 Å². The predicted octanol–water partition coefficient (Wildman–Crippen LogP) is 4.64. The molecule has 1 unspecified atom stereocenters. The summed E-state index contributed by atoms with van der Waals surface area (Å²) in [4.78, 5) is 39.6. The Labute approximate surface area is 355 Å². The highest BCUT2D eigenvalue weighted by atomic mass is 16.7. The van der Waals surface area contributed by atoms with Gasteiger partial charge in [-0.15, -0.1) is 0 Å². The van der Waals surface area contributed by atoms with Crippen LogP contribution in [-0.2, 0) is 22.6 Å². The molecule has 5 aliphatic carbocycles. The molecule has 3 aromatic rings. The highest BCUT2D eigenvalue weighted by Gasteiger charge is 2.90. The van der Waals surface area contributed by atoms with Crippen LogP contribution in [0.15, 0.2) is 66.7 Å². The van der Waals surface area contributed by atoms with Crippen LogP contribution in [0, 0.1) is 28.6 Å². The molecule has 1 saturated heterocycles. The standard InChI is InChI=1S/C48H65N5O7/c1-29-38-23-34(45(38,2)3)24-39(29)50-44(57)42-47(28-46(47,4)58)48(25-40(48)55)60-53(42)26-31-15-12-16-37(41(31)59-8)32-20-33(22-36(21-32)52(7)17-18-54)43(56)49-35(27-51(5)6)19-30-13-10-9-11-14-30/h9-16,20-22,29,34-35,38-40,42,54-55,58H,17-19,23-28H2,1-8H3,(H,49,56)(H,50,57)/t29-,34+,35-,38-,39-,40+,42+,46?,47+,48+/m0/s1. The van der Waals surface area contributed by atoms with Crippen molar-refractivity contribution in [2.75, 3.05) is 52.8 Å². The van der Waals surface area contributed by atoms with Crippen molar-refractivity contribution in [2.24, 2.45) is 28.6 Å². The quantitative estimate of drug-likeness (QED) is 0.147. The topological polar surface area (TPSA) is 147 Å². The molecular formula is C48H65N5O7. The van der Waals surface area contributed by atoms with Crippen molar-refractivity contribution < 1.29 is 34.5 Å². The number of fused-ring (bicyclic) bond motifs is 3. The van der Waals surface area contributed by atoms with Crippen molar-refractivity contribution in [3.63, 3.8) is 0 Å². The Morgan fingerprint density at radius 2 is 1.75 bits per heavy atom. The van der Waals surface area contributed by atoms with Gasteiger partial charge in [-0.1, -0.05) is 69.3 Å². The molecular weight excluding hydrogens is 759 g/mol. The smallest absolute Gasteiger partial charge is 0.251 e. The predicted molar refractivity (Wildman–Crippen MR) is 231 cm³/mol. The molecule has 5 saturated carbocycles. The number of methoxy groups -OCH3 is 1. The van der Waals surface area contributed by atoms with E-state index in [1.165, 1.54) is 6.42 Å². The number of para-hydroxylation sites is 1. The number of hydrogen-bond acceptors (Lipinski definition) is 10. The first-order valence-corrected chi connectivity index (χ1v) is 21.8. The first-order chi connectivity index (χ1) is 28.5. The van der Waals surface area contributed by atoms with Crippen molar-refractivity contribution in [1.82, 2.24) is 20.6 Å². The molecule has 3 aromatic carbocycles. The Morgan fingerprint density at radius 3 is 2.35 bits per heavy atom. The van der Waals surface area contributed by atoms with Crippen LogP contribution in [0.1, 0.15) is 74.9 Å². The minimum Gasteiger partial charge on any atom is -0.496 e. The number of benzene rings is 3. The number of aliphatic hydroxyl groups excluding tert-OH is 2. The largest absolute Gasteiger partial charge is 0.496 e. The number of hydroxylamine groups is 2. The summed E-state index contributed by atoms with van der Waals surface area (Å²) >= 11 is 0. The molecule has 6 aliphatic rings. The molecule has 9 rings (SSSR count). The van der Waals surface area contributed by atoms with E-state index in [-0.39, 0.29) is 42.5 Å². The fourth-order valence-corrected chi connectivity index (χ4v) is 11.7. The van der Waals surface area contributed by atoms with Gasteiger partial charge in [-0.3, -0.25) is 14.4 Å². The van der Waals surface area contributed by atoms with Gasteiger partial charge in [-0.25, -0.2) is 0 Å². The van der Waals surface area contributed by atoms with Crippen LogP contribution in [0.4, 0.5) is 5.69 Å². The van der Waals surface area contributed by atoms with Crippen LogP contribution >= 0.6 is 0 Å². The summed E-state index contributed by atoms with van der Waals surface area (Å²) < 4.78 is 6.19. The first kappa shape index (κ1) is 42.6. The lowest BCUT2D eigenvalue weighted by molar-refractivity contribution is -0.192. The number of likely N-dealkylation sites (N-methyl/N-ethyl adjacent to an activating group) is 2. The van der Waals surface area contributed by atoms with Gasteiger partial charge in [-0.05, 0) is 99.2 Å². The van der Waals surface area contributed by atoms with Gasteiger partial charge in [0, 0.05) is 61.0 Å². The van der Waals surface area contributed by atoms with Crippen molar-refractivity contribution in [1.29, 1.82) is 0 Å². The Balaban J connectivity index is 1.11. The molecule has 10 atom stereocenters. The first-order valence-electron chi connectivity index (χ1n) is 21.8. The van der Waals surface area contributed by atoms with Crippen molar-refractivity contribution in [3.05, 3.63) is 83.4 Å². The molecule has 5 N–H and O–H groups in total. The molecule has 2 bridgehead atoms. The van der Waals surface area contributed by atoms with Crippen LogP contribution in [0.25, 0.3) is 11.1 Å². The number of amides is 2. The number of hydrogen-bond donors (Lipinski definition) is 5. The number of rotatable bonds is 15. The molecule has 6 fully saturated rings. The number of anilines is 1. The molecule has 0 radical (unpaired) electrons. The van der Waals surface area contributed by atoms with Crippen molar-refractivity contribution >= 4 is 17.5 Å². The number of carbonyl (C=O) groups is 2. The molecule has 324 valence electrons. The molecule has 1 heterocycles. The van der Waals surface area contributed by atoms with E-state index in [2.05, 4.69) is 48.4 Å². The number of nitrogens with zero attached hydrogens (tertiary/aromatic N) is 3. The maximum atomic E-state index is 14.7. The number of ether oxygens (including phenoxy) is 1. The van der Waals surface area contributed by atoms with E-state index in [0.717, 1.165) is 34.4 Å². The SMILES string of the molecule is COc1c(CN2O[C@@]3(C[C@H]3O)[C@]3(CC3(C)O)[C@H]2C(=O)N[C@H]2C[C@H]3C[C@@H]([C@@H]2C)C3(C)C)cccc1-c1cc(C(=O)N[C@@H](Cc2ccccc2)CN(C)C)cc(N(C)CCO)c1. The van der Waals surface area contributed by atoms with Gasteiger partial charge in [0.15, 0.2) is 0 Å². The van der Waals surface area contributed by atoms with Gasteiger partial charge < -0.3 is 40.5 Å². The molecule has 60 heavy (non-hydrogen) atoms.